The van der Waals surface area contributed by atoms with Crippen LogP contribution in [0.2, 0.25) is 0 Å². The minimum atomic E-state index is -0.202. The van der Waals surface area contributed by atoms with E-state index in [0.29, 0.717) is 11.6 Å². The Labute approximate surface area is 154 Å². The Morgan fingerprint density at radius 2 is 2.12 bits per heavy atom. The lowest BCUT2D eigenvalue weighted by Crippen LogP contribution is -2.57. The Morgan fingerprint density at radius 1 is 1.29 bits per heavy atom. The minimum Gasteiger partial charge on any atom is -0.459 e. The van der Waals surface area contributed by atoms with Crippen molar-refractivity contribution in [1.82, 2.24) is 10.2 Å². The van der Waals surface area contributed by atoms with Crippen LogP contribution >= 0.6 is 24.8 Å². The number of benzene rings is 1. The third kappa shape index (κ3) is 3.70. The van der Waals surface area contributed by atoms with Gasteiger partial charge in [0.2, 0.25) is 0 Å². The number of esters is 1. The van der Waals surface area contributed by atoms with Gasteiger partial charge in [0.05, 0.1) is 18.3 Å². The molecule has 0 amide bonds. The zero-order chi connectivity index (χ0) is 15.1. The van der Waals surface area contributed by atoms with Gasteiger partial charge in [0.25, 0.3) is 0 Å². The van der Waals surface area contributed by atoms with Crippen LogP contribution in [-0.2, 0) is 15.9 Å². The number of nitrogens with zero attached hydrogens (tertiary/aromatic N) is 1. The second-order valence-electron chi connectivity index (χ2n) is 6.51. The predicted octanol–water partition coefficient (Wildman–Crippen LogP) is 1.98. The number of fused-ring (bicyclic) bond motifs is 2. The van der Waals surface area contributed by atoms with Crippen molar-refractivity contribution in [2.24, 2.45) is 0 Å². The first-order valence-electron chi connectivity index (χ1n) is 8.11. The van der Waals surface area contributed by atoms with Crippen molar-refractivity contribution < 1.29 is 14.3 Å². The molecule has 0 radical (unpaired) electrons. The van der Waals surface area contributed by atoms with E-state index in [1.54, 1.807) is 0 Å². The van der Waals surface area contributed by atoms with Gasteiger partial charge in [-0.15, -0.1) is 24.8 Å². The van der Waals surface area contributed by atoms with E-state index in [-0.39, 0.29) is 43.0 Å². The van der Waals surface area contributed by atoms with Crippen LogP contribution in [0.4, 0.5) is 0 Å². The number of hydrogen-bond donors (Lipinski definition) is 1. The quantitative estimate of drug-likeness (QED) is 0.761. The Balaban J connectivity index is 0.00000104. The second kappa shape index (κ2) is 8.02. The van der Waals surface area contributed by atoms with Crippen LogP contribution in [0.25, 0.3) is 0 Å². The smallest absolute Gasteiger partial charge is 0.338 e. The van der Waals surface area contributed by atoms with E-state index < -0.39 is 0 Å². The van der Waals surface area contributed by atoms with Crippen LogP contribution in [0.15, 0.2) is 18.2 Å². The summed E-state index contributed by atoms with van der Waals surface area (Å²) in [6.07, 6.45) is 0.853. The molecule has 0 unspecified atom stereocenters. The number of rotatable bonds is 1. The van der Waals surface area contributed by atoms with Gasteiger partial charge in [-0.2, -0.15) is 0 Å². The highest BCUT2D eigenvalue weighted by Crippen LogP contribution is 2.29. The zero-order valence-corrected chi connectivity index (χ0v) is 15.3. The van der Waals surface area contributed by atoms with Gasteiger partial charge >= 0.3 is 5.97 Å². The molecule has 1 aromatic rings. The summed E-state index contributed by atoms with van der Waals surface area (Å²) in [5, 5.41) is 3.42. The molecule has 3 aliphatic rings. The molecule has 0 spiro atoms. The molecule has 0 aromatic heterocycles. The average Bonchev–Trinajstić information content (AvgIpc) is 2.53. The largest absolute Gasteiger partial charge is 0.459 e. The average molecular weight is 375 g/mol. The molecule has 0 aliphatic carbocycles. The lowest BCUT2D eigenvalue weighted by molar-refractivity contribution is -0.0718. The minimum absolute atomic E-state index is 0. The third-order valence-corrected chi connectivity index (χ3v) is 4.90. The van der Waals surface area contributed by atoms with Crippen LogP contribution in [0, 0.1) is 0 Å². The Morgan fingerprint density at radius 3 is 2.96 bits per heavy atom. The van der Waals surface area contributed by atoms with E-state index in [1.165, 1.54) is 5.56 Å². The number of carbonyl (C=O) groups is 1. The molecule has 2 fully saturated rings. The lowest BCUT2D eigenvalue weighted by atomic mass is 9.94. The molecular formula is C17H24Cl2N2O3. The van der Waals surface area contributed by atoms with Crippen molar-refractivity contribution in [3.8, 4) is 0 Å². The second-order valence-corrected chi connectivity index (χ2v) is 6.51. The van der Waals surface area contributed by atoms with Crippen LogP contribution in [-0.4, -0.2) is 55.8 Å². The Bertz CT molecular complexity index is 599. The first kappa shape index (κ1) is 19.5. The lowest BCUT2D eigenvalue weighted by Gasteiger charge is -2.42. The highest BCUT2D eigenvalue weighted by molar-refractivity contribution is 5.92. The van der Waals surface area contributed by atoms with Crippen LogP contribution < -0.4 is 5.32 Å². The van der Waals surface area contributed by atoms with E-state index in [1.807, 2.05) is 19.1 Å². The molecule has 7 heteroatoms. The molecule has 1 N–H and O–H groups in total. The molecule has 5 nitrogen and oxygen atoms in total. The van der Waals surface area contributed by atoms with Gasteiger partial charge in [-0.25, -0.2) is 4.79 Å². The number of halogens is 2. The van der Waals surface area contributed by atoms with Gasteiger partial charge in [0.15, 0.2) is 0 Å². The maximum absolute atomic E-state index is 11.9. The van der Waals surface area contributed by atoms with Gasteiger partial charge in [-0.3, -0.25) is 4.90 Å². The summed E-state index contributed by atoms with van der Waals surface area (Å²) in [6, 6.07) is 6.55. The van der Waals surface area contributed by atoms with Crippen molar-refractivity contribution in [2.45, 2.75) is 31.6 Å². The summed E-state index contributed by atoms with van der Waals surface area (Å²) >= 11 is 0. The van der Waals surface area contributed by atoms with E-state index >= 15 is 0 Å². The SMILES string of the molecule is C[C@@H]1Cc2cc([C@H]3CN4CCNC[C@H]4CO3)ccc2C(=O)O1.Cl.Cl. The fourth-order valence-corrected chi connectivity index (χ4v) is 3.68. The molecular weight excluding hydrogens is 351 g/mol. The highest BCUT2D eigenvalue weighted by Gasteiger charge is 2.32. The molecule has 0 bridgehead atoms. The maximum atomic E-state index is 11.9. The van der Waals surface area contributed by atoms with Crippen molar-refractivity contribution in [2.75, 3.05) is 32.8 Å². The fourth-order valence-electron chi connectivity index (χ4n) is 3.68. The summed E-state index contributed by atoms with van der Waals surface area (Å²) in [4.78, 5) is 14.4. The fraction of sp³-hybridized carbons (Fsp3) is 0.588. The maximum Gasteiger partial charge on any atom is 0.338 e. The Hall–Kier alpha value is -0.850. The van der Waals surface area contributed by atoms with Gasteiger partial charge in [-0.1, -0.05) is 12.1 Å². The monoisotopic (exact) mass is 374 g/mol. The molecule has 4 rings (SSSR count). The van der Waals surface area contributed by atoms with E-state index in [9.17, 15) is 4.79 Å². The first-order valence-corrected chi connectivity index (χ1v) is 8.11. The number of piperazine rings is 1. The Kier molecular flexibility index (Phi) is 6.51. The van der Waals surface area contributed by atoms with Gasteiger partial charge in [0, 0.05) is 38.6 Å². The number of morpholine rings is 1. The van der Waals surface area contributed by atoms with E-state index in [0.717, 1.165) is 44.8 Å². The summed E-state index contributed by atoms with van der Waals surface area (Å²) in [6.45, 7) is 6.80. The van der Waals surface area contributed by atoms with Gasteiger partial charge < -0.3 is 14.8 Å². The van der Waals surface area contributed by atoms with Crippen molar-refractivity contribution in [3.63, 3.8) is 0 Å². The molecule has 3 heterocycles. The molecule has 3 aliphatic heterocycles. The normalized spacial score (nSPS) is 29.4. The topological polar surface area (TPSA) is 50.8 Å². The van der Waals surface area contributed by atoms with Crippen LogP contribution in [0.1, 0.15) is 34.5 Å². The van der Waals surface area contributed by atoms with E-state index in [2.05, 4.69) is 16.3 Å². The molecule has 24 heavy (non-hydrogen) atoms. The van der Waals surface area contributed by atoms with Crippen LogP contribution in [0.5, 0.6) is 0 Å². The van der Waals surface area contributed by atoms with Gasteiger partial charge in [-0.05, 0) is 24.1 Å². The molecule has 134 valence electrons. The summed E-state index contributed by atoms with van der Waals surface area (Å²) < 4.78 is 11.4. The van der Waals surface area contributed by atoms with Crippen LogP contribution in [0.3, 0.4) is 0 Å². The number of cyclic esters (lactones) is 1. The zero-order valence-electron chi connectivity index (χ0n) is 13.7. The molecule has 3 atom stereocenters. The number of carbonyl (C=O) groups excluding carboxylic acids is 1. The van der Waals surface area contributed by atoms with Crippen molar-refractivity contribution in [3.05, 3.63) is 34.9 Å². The molecule has 1 aromatic carbocycles. The highest BCUT2D eigenvalue weighted by atomic mass is 35.5. The standard InChI is InChI=1S/C17H22N2O3.2ClH/c1-11-6-13-7-12(2-3-15(13)17(20)22-11)16-9-19-5-4-18-8-14(19)10-21-16;;/h2-3,7,11,14,16,18H,4-6,8-10H2,1H3;2*1H/t11-,14+,16-;;/m1../s1. The molecule has 2 saturated heterocycles. The molecule has 0 saturated carbocycles. The summed E-state index contributed by atoms with van der Waals surface area (Å²) in [5.41, 5.74) is 2.97. The first-order chi connectivity index (χ1) is 10.7. The number of ether oxygens (including phenoxy) is 2. The summed E-state index contributed by atoms with van der Waals surface area (Å²) in [7, 11) is 0. The summed E-state index contributed by atoms with van der Waals surface area (Å²) in [5.74, 6) is -0.202. The van der Waals surface area contributed by atoms with E-state index in [4.69, 9.17) is 9.47 Å². The van der Waals surface area contributed by atoms with Crippen molar-refractivity contribution >= 4 is 30.8 Å². The predicted molar refractivity (Wildman–Crippen MR) is 96.4 cm³/mol. The number of hydrogen-bond acceptors (Lipinski definition) is 5. The van der Waals surface area contributed by atoms with Gasteiger partial charge in [0.1, 0.15) is 6.10 Å². The number of nitrogens with one attached hydrogen (secondary N) is 1. The van der Waals surface area contributed by atoms with Crippen molar-refractivity contribution in [1.29, 1.82) is 0 Å². The third-order valence-electron chi connectivity index (χ3n) is 4.90.